The SMILES string of the molecule is CCN1CCC2(CCN(C(C)=O)CC2(F)F)C1. The molecule has 2 fully saturated rings. The van der Waals surface area contributed by atoms with Gasteiger partial charge in [0.25, 0.3) is 5.92 Å². The summed E-state index contributed by atoms with van der Waals surface area (Å²) in [7, 11) is 0. The molecule has 17 heavy (non-hydrogen) atoms. The first-order valence-electron chi connectivity index (χ1n) is 6.26. The van der Waals surface area contributed by atoms with E-state index in [4.69, 9.17) is 0 Å². The molecule has 0 aromatic heterocycles. The van der Waals surface area contributed by atoms with Crippen LogP contribution in [0.15, 0.2) is 0 Å². The molecule has 0 aliphatic carbocycles. The molecule has 2 aliphatic heterocycles. The number of piperidine rings is 1. The Morgan fingerprint density at radius 2 is 1.88 bits per heavy atom. The Balaban J connectivity index is 2.13. The first-order chi connectivity index (χ1) is 7.90. The van der Waals surface area contributed by atoms with E-state index in [0.29, 0.717) is 25.9 Å². The molecule has 0 N–H and O–H groups in total. The number of likely N-dealkylation sites (tertiary alicyclic amines) is 2. The van der Waals surface area contributed by atoms with Crippen LogP contribution in [-0.2, 0) is 4.79 Å². The molecule has 0 aromatic rings. The standard InChI is InChI=1S/C12H20F2N2O/c1-3-15-6-4-11(8-15)5-7-16(10(2)17)9-12(11,13)14/h3-9H2,1-2H3. The van der Waals surface area contributed by atoms with Gasteiger partial charge in [0.1, 0.15) is 0 Å². The molecule has 0 aromatic carbocycles. The number of carbonyl (C=O) groups is 1. The van der Waals surface area contributed by atoms with Crippen LogP contribution in [0, 0.1) is 5.41 Å². The molecule has 5 heteroatoms. The van der Waals surface area contributed by atoms with E-state index in [1.807, 2.05) is 6.92 Å². The molecule has 0 bridgehead atoms. The molecular formula is C12H20F2N2O. The van der Waals surface area contributed by atoms with Crippen molar-refractivity contribution >= 4 is 5.91 Å². The van der Waals surface area contributed by atoms with Crippen LogP contribution < -0.4 is 0 Å². The van der Waals surface area contributed by atoms with Gasteiger partial charge in [-0.15, -0.1) is 0 Å². The normalized spacial score (nSPS) is 33.3. The average molecular weight is 246 g/mol. The van der Waals surface area contributed by atoms with Crippen LogP contribution in [0.1, 0.15) is 26.7 Å². The van der Waals surface area contributed by atoms with Gasteiger partial charge in [0.15, 0.2) is 0 Å². The van der Waals surface area contributed by atoms with Gasteiger partial charge in [0, 0.05) is 20.0 Å². The number of alkyl halides is 2. The Morgan fingerprint density at radius 3 is 2.35 bits per heavy atom. The molecular weight excluding hydrogens is 226 g/mol. The van der Waals surface area contributed by atoms with E-state index in [0.717, 1.165) is 13.1 Å². The van der Waals surface area contributed by atoms with E-state index in [9.17, 15) is 13.6 Å². The van der Waals surface area contributed by atoms with Crippen molar-refractivity contribution in [3.63, 3.8) is 0 Å². The third-order valence-electron chi connectivity index (χ3n) is 4.35. The maximum Gasteiger partial charge on any atom is 0.272 e. The highest BCUT2D eigenvalue weighted by atomic mass is 19.3. The van der Waals surface area contributed by atoms with Gasteiger partial charge in [-0.3, -0.25) is 4.79 Å². The summed E-state index contributed by atoms with van der Waals surface area (Å²) in [6, 6.07) is 0. The van der Waals surface area contributed by atoms with Crippen LogP contribution in [0.3, 0.4) is 0 Å². The molecule has 0 saturated carbocycles. The lowest BCUT2D eigenvalue weighted by molar-refractivity contribution is -0.173. The number of halogens is 2. The molecule has 1 atom stereocenters. The molecule has 1 spiro atoms. The molecule has 1 amide bonds. The van der Waals surface area contributed by atoms with E-state index in [1.165, 1.54) is 11.8 Å². The first-order valence-corrected chi connectivity index (χ1v) is 6.26. The summed E-state index contributed by atoms with van der Waals surface area (Å²) in [5.74, 6) is -2.99. The van der Waals surface area contributed by atoms with Gasteiger partial charge in [-0.1, -0.05) is 6.92 Å². The number of rotatable bonds is 1. The summed E-state index contributed by atoms with van der Waals surface area (Å²) in [5.41, 5.74) is -0.894. The summed E-state index contributed by atoms with van der Waals surface area (Å²) in [6.45, 7) is 5.49. The Bertz CT molecular complexity index is 322. The van der Waals surface area contributed by atoms with Gasteiger partial charge in [0.05, 0.1) is 12.0 Å². The monoisotopic (exact) mass is 246 g/mol. The van der Waals surface area contributed by atoms with Gasteiger partial charge in [-0.2, -0.15) is 0 Å². The lowest BCUT2D eigenvalue weighted by Gasteiger charge is -2.45. The Kier molecular flexibility index (Phi) is 3.14. The number of hydrogen-bond acceptors (Lipinski definition) is 2. The minimum Gasteiger partial charge on any atom is -0.337 e. The van der Waals surface area contributed by atoms with Crippen molar-refractivity contribution in [3.05, 3.63) is 0 Å². The van der Waals surface area contributed by atoms with Gasteiger partial charge in [0.2, 0.25) is 5.91 Å². The number of hydrogen-bond donors (Lipinski definition) is 0. The van der Waals surface area contributed by atoms with Crippen molar-refractivity contribution in [1.82, 2.24) is 9.80 Å². The quantitative estimate of drug-likeness (QED) is 0.701. The van der Waals surface area contributed by atoms with E-state index in [2.05, 4.69) is 4.90 Å². The summed E-state index contributed by atoms with van der Waals surface area (Å²) in [6.07, 6.45) is 0.982. The largest absolute Gasteiger partial charge is 0.337 e. The minimum absolute atomic E-state index is 0.245. The van der Waals surface area contributed by atoms with Crippen molar-refractivity contribution in [2.45, 2.75) is 32.6 Å². The summed E-state index contributed by atoms with van der Waals surface area (Å²) in [5, 5.41) is 0. The van der Waals surface area contributed by atoms with Crippen molar-refractivity contribution in [2.24, 2.45) is 5.41 Å². The molecule has 2 aliphatic rings. The maximum atomic E-state index is 14.3. The fourth-order valence-corrected chi connectivity index (χ4v) is 3.02. The lowest BCUT2D eigenvalue weighted by Crippen LogP contribution is -2.57. The highest BCUT2D eigenvalue weighted by Crippen LogP contribution is 2.49. The van der Waals surface area contributed by atoms with Crippen LogP contribution in [0.5, 0.6) is 0 Å². The van der Waals surface area contributed by atoms with Crippen LogP contribution in [0.2, 0.25) is 0 Å². The van der Waals surface area contributed by atoms with Crippen LogP contribution in [0.4, 0.5) is 8.78 Å². The fraction of sp³-hybridized carbons (Fsp3) is 0.917. The second kappa shape index (κ2) is 4.19. The molecule has 2 saturated heterocycles. The van der Waals surface area contributed by atoms with Gasteiger partial charge in [-0.25, -0.2) is 8.78 Å². The van der Waals surface area contributed by atoms with Gasteiger partial charge >= 0.3 is 0 Å². The summed E-state index contributed by atoms with van der Waals surface area (Å²) in [4.78, 5) is 14.6. The summed E-state index contributed by atoms with van der Waals surface area (Å²) >= 11 is 0. The third-order valence-corrected chi connectivity index (χ3v) is 4.35. The topological polar surface area (TPSA) is 23.6 Å². The second-order valence-electron chi connectivity index (χ2n) is 5.29. The van der Waals surface area contributed by atoms with Crippen molar-refractivity contribution in [3.8, 4) is 0 Å². The van der Waals surface area contributed by atoms with Crippen LogP contribution in [0.25, 0.3) is 0 Å². The Morgan fingerprint density at radius 1 is 1.24 bits per heavy atom. The number of nitrogens with zero attached hydrogens (tertiary/aromatic N) is 2. The van der Waals surface area contributed by atoms with Crippen molar-refractivity contribution in [2.75, 3.05) is 32.7 Å². The van der Waals surface area contributed by atoms with E-state index < -0.39 is 17.9 Å². The fourth-order valence-electron chi connectivity index (χ4n) is 3.02. The van der Waals surface area contributed by atoms with Crippen LogP contribution >= 0.6 is 0 Å². The Labute approximate surface area is 101 Å². The molecule has 2 heterocycles. The predicted octanol–water partition coefficient (Wildman–Crippen LogP) is 1.59. The molecule has 98 valence electrons. The second-order valence-corrected chi connectivity index (χ2v) is 5.29. The molecule has 0 radical (unpaired) electrons. The first kappa shape index (κ1) is 12.7. The zero-order valence-corrected chi connectivity index (χ0v) is 10.5. The zero-order chi connectivity index (χ0) is 12.7. The van der Waals surface area contributed by atoms with Crippen molar-refractivity contribution < 1.29 is 13.6 Å². The molecule has 2 rings (SSSR count). The number of carbonyl (C=O) groups excluding carboxylic acids is 1. The van der Waals surface area contributed by atoms with Gasteiger partial charge in [-0.05, 0) is 25.9 Å². The highest BCUT2D eigenvalue weighted by Gasteiger charge is 2.59. The predicted molar refractivity (Wildman–Crippen MR) is 61.0 cm³/mol. The van der Waals surface area contributed by atoms with E-state index >= 15 is 0 Å². The molecule has 3 nitrogen and oxygen atoms in total. The lowest BCUT2D eigenvalue weighted by atomic mass is 9.74. The van der Waals surface area contributed by atoms with E-state index in [1.54, 1.807) is 0 Å². The summed E-state index contributed by atoms with van der Waals surface area (Å²) < 4.78 is 28.5. The Hall–Kier alpha value is -0.710. The molecule has 1 unspecified atom stereocenters. The minimum atomic E-state index is -2.75. The zero-order valence-electron chi connectivity index (χ0n) is 10.5. The average Bonchev–Trinajstić information content (AvgIpc) is 2.67. The van der Waals surface area contributed by atoms with Crippen LogP contribution in [-0.4, -0.2) is 54.4 Å². The van der Waals surface area contributed by atoms with Gasteiger partial charge < -0.3 is 9.80 Å². The van der Waals surface area contributed by atoms with E-state index in [-0.39, 0.29) is 5.91 Å². The highest BCUT2D eigenvalue weighted by molar-refractivity contribution is 5.73. The van der Waals surface area contributed by atoms with Crippen molar-refractivity contribution in [1.29, 1.82) is 0 Å². The third kappa shape index (κ3) is 2.05. The maximum absolute atomic E-state index is 14.3. The smallest absolute Gasteiger partial charge is 0.272 e. The number of amides is 1.